The minimum atomic E-state index is -4.38. The number of aldehydes is 1. The van der Waals surface area contributed by atoms with E-state index in [4.69, 9.17) is 0 Å². The number of rotatable bonds is 10. The van der Waals surface area contributed by atoms with Gasteiger partial charge in [-0.2, -0.15) is 13.2 Å². The van der Waals surface area contributed by atoms with E-state index in [2.05, 4.69) is 0 Å². The highest BCUT2D eigenvalue weighted by atomic mass is 19.4. The molecule has 2 unspecified atom stereocenters. The van der Waals surface area contributed by atoms with E-state index >= 15 is 0 Å². The van der Waals surface area contributed by atoms with Gasteiger partial charge in [0, 0.05) is 37.8 Å². The summed E-state index contributed by atoms with van der Waals surface area (Å²) in [7, 11) is 3.43. The summed E-state index contributed by atoms with van der Waals surface area (Å²) >= 11 is 0. The Labute approximate surface area is 188 Å². The van der Waals surface area contributed by atoms with Gasteiger partial charge in [0.15, 0.2) is 0 Å². The maximum atomic E-state index is 13.0. The van der Waals surface area contributed by atoms with Gasteiger partial charge in [-0.15, -0.1) is 0 Å². The standard InChI is InChI=1S/C25H31F3N2O2/c1-5-7-23(24(32)29(3)4)30(22-14-8-18(17-31)9-15-22)16-19(6-2)20-10-12-21(13-11-20)25(26,27)28/h8-15,17,19,23H,5-7,16H2,1-4H3. The van der Waals surface area contributed by atoms with Crippen LogP contribution in [0.25, 0.3) is 0 Å². The zero-order valence-electron chi connectivity index (χ0n) is 19.0. The fourth-order valence-electron chi connectivity index (χ4n) is 3.79. The van der Waals surface area contributed by atoms with Gasteiger partial charge in [-0.1, -0.05) is 32.4 Å². The summed E-state index contributed by atoms with van der Waals surface area (Å²) in [4.78, 5) is 27.7. The highest BCUT2D eigenvalue weighted by Crippen LogP contribution is 2.32. The van der Waals surface area contributed by atoms with E-state index < -0.39 is 17.8 Å². The lowest BCUT2D eigenvalue weighted by Crippen LogP contribution is -2.48. The van der Waals surface area contributed by atoms with E-state index in [1.54, 1.807) is 31.1 Å². The largest absolute Gasteiger partial charge is 0.416 e. The highest BCUT2D eigenvalue weighted by molar-refractivity contribution is 5.85. The first-order chi connectivity index (χ1) is 15.1. The van der Waals surface area contributed by atoms with Crippen molar-refractivity contribution in [3.63, 3.8) is 0 Å². The molecule has 2 rings (SSSR count). The van der Waals surface area contributed by atoms with E-state index in [-0.39, 0.29) is 11.8 Å². The van der Waals surface area contributed by atoms with Crippen molar-refractivity contribution >= 4 is 17.9 Å². The summed E-state index contributed by atoms with van der Waals surface area (Å²) in [5.74, 6) is -0.106. The molecule has 0 bridgehead atoms. The maximum Gasteiger partial charge on any atom is 0.416 e. The third kappa shape index (κ3) is 6.34. The van der Waals surface area contributed by atoms with Crippen LogP contribution in [0, 0.1) is 0 Å². The van der Waals surface area contributed by atoms with Crippen LogP contribution in [0.3, 0.4) is 0 Å². The van der Waals surface area contributed by atoms with Gasteiger partial charge in [0.1, 0.15) is 12.3 Å². The first kappa shape index (κ1) is 25.4. The molecule has 0 N–H and O–H groups in total. The number of alkyl halides is 3. The van der Waals surface area contributed by atoms with Crippen LogP contribution in [-0.2, 0) is 11.0 Å². The summed E-state index contributed by atoms with van der Waals surface area (Å²) < 4.78 is 38.9. The molecule has 0 aliphatic rings. The minimum Gasteiger partial charge on any atom is -0.359 e. The molecule has 174 valence electrons. The van der Waals surface area contributed by atoms with Crippen molar-refractivity contribution in [2.75, 3.05) is 25.5 Å². The lowest BCUT2D eigenvalue weighted by atomic mass is 9.93. The maximum absolute atomic E-state index is 13.0. The average Bonchev–Trinajstić information content (AvgIpc) is 2.78. The van der Waals surface area contributed by atoms with Crippen molar-refractivity contribution in [2.45, 2.75) is 51.2 Å². The minimum absolute atomic E-state index is 0.0337. The Hall–Kier alpha value is -2.83. The van der Waals surface area contributed by atoms with Crippen LogP contribution >= 0.6 is 0 Å². The summed E-state index contributed by atoms with van der Waals surface area (Å²) in [6, 6.07) is 11.9. The van der Waals surface area contributed by atoms with Gasteiger partial charge in [0.2, 0.25) is 5.91 Å². The summed E-state index contributed by atoms with van der Waals surface area (Å²) in [6.07, 6.45) is -1.49. The number of amides is 1. The van der Waals surface area contributed by atoms with Crippen LogP contribution in [-0.4, -0.2) is 43.8 Å². The summed E-state index contributed by atoms with van der Waals surface area (Å²) in [5, 5.41) is 0. The Morgan fingerprint density at radius 3 is 2.03 bits per heavy atom. The quantitative estimate of drug-likeness (QED) is 0.433. The molecule has 4 nitrogen and oxygen atoms in total. The van der Waals surface area contributed by atoms with Gasteiger partial charge in [0.05, 0.1) is 5.56 Å². The third-order valence-electron chi connectivity index (χ3n) is 5.64. The van der Waals surface area contributed by atoms with Gasteiger partial charge in [-0.3, -0.25) is 9.59 Å². The fourth-order valence-corrected chi connectivity index (χ4v) is 3.79. The molecule has 0 saturated carbocycles. The molecule has 2 atom stereocenters. The van der Waals surface area contributed by atoms with E-state index in [1.807, 2.05) is 30.9 Å². The van der Waals surface area contributed by atoms with Crippen LogP contribution in [0.5, 0.6) is 0 Å². The average molecular weight is 449 g/mol. The number of halogens is 3. The molecule has 1 amide bonds. The number of anilines is 1. The number of likely N-dealkylation sites (N-methyl/N-ethyl adjacent to an activating group) is 1. The first-order valence-electron chi connectivity index (χ1n) is 10.8. The lowest BCUT2D eigenvalue weighted by Gasteiger charge is -2.37. The number of carbonyl (C=O) groups excluding carboxylic acids is 2. The van der Waals surface area contributed by atoms with E-state index in [9.17, 15) is 22.8 Å². The molecule has 2 aromatic carbocycles. The number of nitrogens with zero attached hydrogens (tertiary/aromatic N) is 2. The zero-order valence-corrected chi connectivity index (χ0v) is 19.0. The van der Waals surface area contributed by atoms with E-state index in [0.717, 1.165) is 36.1 Å². The molecule has 7 heteroatoms. The van der Waals surface area contributed by atoms with Crippen LogP contribution < -0.4 is 4.90 Å². The van der Waals surface area contributed by atoms with Crippen molar-refractivity contribution in [2.24, 2.45) is 0 Å². The first-order valence-corrected chi connectivity index (χ1v) is 10.8. The van der Waals surface area contributed by atoms with Gasteiger partial charge >= 0.3 is 6.18 Å². The smallest absolute Gasteiger partial charge is 0.359 e. The van der Waals surface area contributed by atoms with Gasteiger partial charge in [-0.25, -0.2) is 0 Å². The van der Waals surface area contributed by atoms with Crippen molar-refractivity contribution in [3.8, 4) is 0 Å². The van der Waals surface area contributed by atoms with Crippen LogP contribution in [0.2, 0.25) is 0 Å². The van der Waals surface area contributed by atoms with Crippen LogP contribution in [0.4, 0.5) is 18.9 Å². The lowest BCUT2D eigenvalue weighted by molar-refractivity contribution is -0.137. The predicted octanol–water partition coefficient (Wildman–Crippen LogP) is 5.78. The van der Waals surface area contributed by atoms with Crippen molar-refractivity contribution in [3.05, 3.63) is 65.2 Å². The van der Waals surface area contributed by atoms with Gasteiger partial charge in [-0.05, 0) is 54.8 Å². The topological polar surface area (TPSA) is 40.6 Å². The molecule has 0 spiro atoms. The number of hydrogen-bond acceptors (Lipinski definition) is 3. The second-order valence-corrected chi connectivity index (χ2v) is 8.12. The second-order valence-electron chi connectivity index (χ2n) is 8.12. The molecule has 0 saturated heterocycles. The van der Waals surface area contributed by atoms with Crippen molar-refractivity contribution < 1.29 is 22.8 Å². The monoisotopic (exact) mass is 448 g/mol. The molecule has 0 radical (unpaired) electrons. The second kappa shape index (κ2) is 11.2. The molecular formula is C25H31F3N2O2. The van der Waals surface area contributed by atoms with Crippen LogP contribution in [0.15, 0.2) is 48.5 Å². The molecule has 0 aliphatic carbocycles. The Morgan fingerprint density at radius 2 is 1.59 bits per heavy atom. The molecule has 0 aromatic heterocycles. The molecule has 0 aliphatic heterocycles. The Bertz CT molecular complexity index is 878. The molecule has 0 fully saturated rings. The highest BCUT2D eigenvalue weighted by Gasteiger charge is 2.31. The molecule has 2 aromatic rings. The van der Waals surface area contributed by atoms with E-state index in [0.29, 0.717) is 24.9 Å². The van der Waals surface area contributed by atoms with Gasteiger partial charge in [0.25, 0.3) is 0 Å². The Morgan fingerprint density at radius 1 is 1.00 bits per heavy atom. The summed E-state index contributed by atoms with van der Waals surface area (Å²) in [6.45, 7) is 4.46. The Balaban J connectivity index is 2.44. The number of hydrogen-bond donors (Lipinski definition) is 0. The Kier molecular flexibility index (Phi) is 8.87. The molecular weight excluding hydrogens is 417 g/mol. The molecule has 0 heterocycles. The van der Waals surface area contributed by atoms with Crippen LogP contribution in [0.1, 0.15) is 60.5 Å². The van der Waals surface area contributed by atoms with E-state index in [1.165, 1.54) is 12.1 Å². The van der Waals surface area contributed by atoms with Gasteiger partial charge < -0.3 is 9.80 Å². The fraction of sp³-hybridized carbons (Fsp3) is 0.440. The SMILES string of the molecule is CCCC(C(=O)N(C)C)N(CC(CC)c1ccc(C(F)(F)F)cc1)c1ccc(C=O)cc1. The number of carbonyl (C=O) groups is 2. The zero-order chi connectivity index (χ0) is 23.9. The third-order valence-corrected chi connectivity index (χ3v) is 5.64. The molecule has 32 heavy (non-hydrogen) atoms. The van der Waals surface area contributed by atoms with Crippen molar-refractivity contribution in [1.29, 1.82) is 0 Å². The number of benzene rings is 2. The summed E-state index contributed by atoms with van der Waals surface area (Å²) in [5.41, 5.74) is 1.45. The normalized spacial score (nSPS) is 13.3. The predicted molar refractivity (Wildman–Crippen MR) is 121 cm³/mol. The van der Waals surface area contributed by atoms with Crippen molar-refractivity contribution in [1.82, 2.24) is 4.90 Å².